The maximum absolute atomic E-state index is 2.44. The number of rotatable bonds is 14. The Morgan fingerprint density at radius 3 is 1.10 bits per heavy atom. The highest BCUT2D eigenvalue weighted by Gasteiger charge is 2.47. The van der Waals surface area contributed by atoms with E-state index in [4.69, 9.17) is 0 Å². The minimum Gasteiger partial charge on any atom is -0.0998 e. The van der Waals surface area contributed by atoms with Crippen LogP contribution in [0.3, 0.4) is 0 Å². The van der Waals surface area contributed by atoms with Crippen molar-refractivity contribution in [3.05, 3.63) is 0 Å². The van der Waals surface area contributed by atoms with E-state index in [1.54, 1.807) is 186 Å². The highest BCUT2D eigenvalue weighted by atomic mass is 31.1. The first-order chi connectivity index (χ1) is 20.3. The molecule has 0 radical (unpaired) electrons. The van der Waals surface area contributed by atoms with E-state index >= 15 is 0 Å². The van der Waals surface area contributed by atoms with Gasteiger partial charge in [-0.2, -0.15) is 0 Å². The summed E-state index contributed by atoms with van der Waals surface area (Å²) in [7, 11) is 0.421. The lowest BCUT2D eigenvalue weighted by Crippen LogP contribution is -2.42. The van der Waals surface area contributed by atoms with Gasteiger partial charge < -0.3 is 0 Å². The van der Waals surface area contributed by atoms with Crippen molar-refractivity contribution in [1.82, 2.24) is 0 Å². The molecule has 0 atom stereocenters. The van der Waals surface area contributed by atoms with Gasteiger partial charge >= 0.3 is 0 Å². The van der Waals surface area contributed by atoms with E-state index in [-0.39, 0.29) is 15.8 Å². The van der Waals surface area contributed by atoms with Crippen molar-refractivity contribution in [2.24, 2.45) is 11.3 Å². The molecule has 0 aliphatic heterocycles. The fourth-order valence-corrected chi connectivity index (χ4v) is 19.8. The van der Waals surface area contributed by atoms with Gasteiger partial charge in [0.2, 0.25) is 0 Å². The molecule has 0 unspecified atom stereocenters. The summed E-state index contributed by atoms with van der Waals surface area (Å²) in [6.45, 7) is 2.44. The van der Waals surface area contributed by atoms with E-state index in [0.717, 1.165) is 34.0 Å². The Morgan fingerprint density at radius 1 is 0.415 bits per heavy atom. The smallest absolute Gasteiger partial charge is 0.0190 e. The summed E-state index contributed by atoms with van der Waals surface area (Å²) in [6, 6.07) is 0. The van der Waals surface area contributed by atoms with E-state index < -0.39 is 0 Å². The summed E-state index contributed by atoms with van der Waals surface area (Å²) < 4.78 is 0. The lowest BCUT2D eigenvalue weighted by molar-refractivity contribution is 0.148. The molecule has 5 saturated carbocycles. The fourth-order valence-electron chi connectivity index (χ4n) is 10.8. The zero-order valence-electron chi connectivity index (χ0n) is 27.9. The Labute approximate surface area is 261 Å². The highest BCUT2D eigenvalue weighted by Crippen LogP contribution is 2.66. The third-order valence-corrected chi connectivity index (χ3v) is 21.0. The van der Waals surface area contributed by atoms with Gasteiger partial charge in [-0.3, -0.25) is 0 Å². The third kappa shape index (κ3) is 9.67. The first kappa shape index (κ1) is 33.2. The van der Waals surface area contributed by atoms with Crippen molar-refractivity contribution in [1.29, 1.82) is 0 Å². The average molecular weight is 603 g/mol. The first-order valence-corrected chi connectivity index (χ1v) is 23.1. The van der Waals surface area contributed by atoms with Crippen LogP contribution in [0.2, 0.25) is 0 Å². The number of hydrogen-bond acceptors (Lipinski definition) is 0. The summed E-state index contributed by atoms with van der Waals surface area (Å²) in [5.74, 6) is 1.09. The van der Waals surface area contributed by atoms with Gasteiger partial charge in [0.25, 0.3) is 0 Å². The molecule has 0 aromatic rings. The normalized spacial score (nSPS) is 25.8. The molecule has 0 heterocycles. The van der Waals surface area contributed by atoms with Gasteiger partial charge in [-0.05, 0) is 117 Å². The molecule has 0 spiro atoms. The second-order valence-electron chi connectivity index (χ2n) is 16.0. The van der Waals surface area contributed by atoms with Gasteiger partial charge in [0.1, 0.15) is 0 Å². The monoisotopic (exact) mass is 603 g/mol. The molecular weight excluding hydrogens is 530 g/mol. The van der Waals surface area contributed by atoms with Crippen LogP contribution < -0.4 is 0 Å². The van der Waals surface area contributed by atoms with Crippen LogP contribution in [0.4, 0.5) is 0 Å². The van der Waals surface area contributed by atoms with Gasteiger partial charge in [0.15, 0.2) is 0 Å². The van der Waals surface area contributed by atoms with E-state index in [1.165, 1.54) is 19.3 Å². The minimum absolute atomic E-state index is 0.211. The van der Waals surface area contributed by atoms with Gasteiger partial charge in [0, 0.05) is 0 Å². The molecule has 5 aliphatic rings. The molecule has 238 valence electrons. The maximum atomic E-state index is 2.44. The highest BCUT2D eigenvalue weighted by molar-refractivity contribution is 7.60. The molecule has 5 rings (SSSR count). The molecule has 5 fully saturated rings. The van der Waals surface area contributed by atoms with Crippen molar-refractivity contribution < 1.29 is 0 Å². The van der Waals surface area contributed by atoms with Gasteiger partial charge in [-0.1, -0.05) is 145 Å². The molecule has 0 saturated heterocycles. The predicted molar refractivity (Wildman–Crippen MR) is 189 cm³/mol. The quantitative estimate of drug-likeness (QED) is 0.137. The molecule has 2 heteroatoms. The third-order valence-electron chi connectivity index (χ3n) is 13.2. The van der Waals surface area contributed by atoms with Crippen molar-refractivity contribution in [3.63, 3.8) is 0 Å². The Kier molecular flexibility index (Phi) is 14.7. The molecule has 0 bridgehead atoms. The Bertz CT molecular complexity index is 596. The van der Waals surface area contributed by atoms with E-state index in [0.29, 0.717) is 0 Å². The first-order valence-electron chi connectivity index (χ1n) is 19.8. The van der Waals surface area contributed by atoms with Crippen LogP contribution in [-0.4, -0.2) is 35.0 Å². The molecule has 0 aromatic carbocycles. The Hall–Kier alpha value is 0.860. The fraction of sp³-hybridized carbons (Fsp3) is 1.00. The lowest BCUT2D eigenvalue weighted by Gasteiger charge is -2.53. The lowest BCUT2D eigenvalue weighted by atomic mass is 9.68. The van der Waals surface area contributed by atoms with Crippen LogP contribution in [0.15, 0.2) is 0 Å². The van der Waals surface area contributed by atoms with Crippen LogP contribution in [0.1, 0.15) is 200 Å². The van der Waals surface area contributed by atoms with Crippen molar-refractivity contribution in [2.75, 3.05) is 12.3 Å². The number of hydrogen-bond donors (Lipinski definition) is 0. The zero-order chi connectivity index (χ0) is 28.2. The predicted octanol–water partition coefficient (Wildman–Crippen LogP) is 13.8. The van der Waals surface area contributed by atoms with Crippen LogP contribution in [-0.2, 0) is 0 Å². The Balaban J connectivity index is 1.48. The summed E-state index contributed by atoms with van der Waals surface area (Å²) in [5.41, 5.74) is 5.33. The SMILES string of the molecule is CCCCCCC(CP(C1CCCCC1)C1CCCCC1)(CP(C1CCCCC1)C1CCCCC1)C1CCCCC1. The van der Waals surface area contributed by atoms with Crippen LogP contribution in [0.25, 0.3) is 0 Å². The largest absolute Gasteiger partial charge is 0.0998 e. The second kappa shape index (κ2) is 18.1. The summed E-state index contributed by atoms with van der Waals surface area (Å²) in [5, 5.41) is 0. The van der Waals surface area contributed by atoms with E-state index in [2.05, 4.69) is 6.92 Å². The molecule has 0 aromatic heterocycles. The van der Waals surface area contributed by atoms with Crippen molar-refractivity contribution in [3.8, 4) is 0 Å². The van der Waals surface area contributed by atoms with Gasteiger partial charge in [0.05, 0.1) is 0 Å². The summed E-state index contributed by atoms with van der Waals surface area (Å²) in [6.07, 6.45) is 50.8. The molecule has 41 heavy (non-hydrogen) atoms. The van der Waals surface area contributed by atoms with Crippen LogP contribution in [0.5, 0.6) is 0 Å². The molecule has 0 amide bonds. The summed E-state index contributed by atoms with van der Waals surface area (Å²) in [4.78, 5) is 0. The topological polar surface area (TPSA) is 0 Å². The molecule has 0 N–H and O–H groups in total. The maximum Gasteiger partial charge on any atom is -0.0190 e. The summed E-state index contributed by atoms with van der Waals surface area (Å²) >= 11 is 0. The van der Waals surface area contributed by atoms with Crippen LogP contribution in [0, 0.1) is 11.3 Å². The number of unbranched alkanes of at least 4 members (excludes halogenated alkanes) is 3. The minimum atomic E-state index is 0.211. The molecule has 0 nitrogen and oxygen atoms in total. The van der Waals surface area contributed by atoms with Crippen LogP contribution >= 0.6 is 15.8 Å². The Morgan fingerprint density at radius 2 is 0.756 bits per heavy atom. The van der Waals surface area contributed by atoms with Crippen molar-refractivity contribution in [2.45, 2.75) is 222 Å². The second-order valence-corrected chi connectivity index (χ2v) is 21.6. The van der Waals surface area contributed by atoms with E-state index in [9.17, 15) is 0 Å². The average Bonchev–Trinajstić information content (AvgIpc) is 3.06. The zero-order valence-corrected chi connectivity index (χ0v) is 29.7. The van der Waals surface area contributed by atoms with Gasteiger partial charge in [-0.25, -0.2) is 0 Å². The van der Waals surface area contributed by atoms with Gasteiger partial charge in [-0.15, -0.1) is 0 Å². The standard InChI is InChI=1S/C39H72P2/c1-2-3-4-20-31-39(34-21-10-5-11-22-34,32-40(35-23-12-6-13-24-35)36-25-14-7-15-26-36)33-41(37-27-16-8-17-28-37)38-29-18-9-19-30-38/h34-38H,2-33H2,1H3. The van der Waals surface area contributed by atoms with Crippen molar-refractivity contribution >= 4 is 15.8 Å². The molecule has 5 aliphatic carbocycles. The molecular formula is C39H72P2. The van der Waals surface area contributed by atoms with E-state index in [1.807, 2.05) is 0 Å².